The van der Waals surface area contributed by atoms with Crippen LogP contribution in [0.5, 0.6) is 0 Å². The molecular formula is C15H25NO2. The van der Waals surface area contributed by atoms with Gasteiger partial charge in [-0.2, -0.15) is 0 Å². The van der Waals surface area contributed by atoms with E-state index in [1.54, 1.807) is 0 Å². The second-order valence-electron chi connectivity index (χ2n) is 5.95. The maximum absolute atomic E-state index is 11.8. The van der Waals surface area contributed by atoms with Crippen LogP contribution < -0.4 is 5.48 Å². The van der Waals surface area contributed by atoms with Crippen LogP contribution in [0.2, 0.25) is 0 Å². The molecule has 2 aliphatic rings. The molecule has 18 heavy (non-hydrogen) atoms. The Balaban J connectivity index is 1.57. The number of carbonyl (C=O) groups excluding carboxylic acids is 1. The average molecular weight is 251 g/mol. The second-order valence-corrected chi connectivity index (χ2v) is 5.95. The van der Waals surface area contributed by atoms with Gasteiger partial charge >= 0.3 is 0 Å². The monoisotopic (exact) mass is 251 g/mol. The lowest BCUT2D eigenvalue weighted by Gasteiger charge is -2.10. The van der Waals surface area contributed by atoms with Gasteiger partial charge in [0.2, 0.25) is 5.91 Å². The fourth-order valence-corrected chi connectivity index (χ4v) is 2.04. The molecule has 0 spiro atoms. The molecule has 3 nitrogen and oxygen atoms in total. The SMILES string of the molecule is CCCCC/C=C\C1CC1C(=O)NOC1(C)CC1. The van der Waals surface area contributed by atoms with Crippen molar-refractivity contribution in [2.45, 2.75) is 64.4 Å². The Labute approximate surface area is 110 Å². The summed E-state index contributed by atoms with van der Waals surface area (Å²) in [5.74, 6) is 0.656. The van der Waals surface area contributed by atoms with E-state index in [0.717, 1.165) is 25.7 Å². The highest BCUT2D eigenvalue weighted by Crippen LogP contribution is 2.41. The largest absolute Gasteiger partial charge is 0.272 e. The molecule has 0 aromatic carbocycles. The summed E-state index contributed by atoms with van der Waals surface area (Å²) in [6, 6.07) is 0. The minimum atomic E-state index is -0.0734. The molecule has 1 N–H and O–H groups in total. The predicted molar refractivity (Wildman–Crippen MR) is 71.7 cm³/mol. The summed E-state index contributed by atoms with van der Waals surface area (Å²) in [5.41, 5.74) is 2.54. The van der Waals surface area contributed by atoms with Crippen LogP contribution >= 0.6 is 0 Å². The van der Waals surface area contributed by atoms with E-state index in [1.165, 1.54) is 19.3 Å². The van der Waals surface area contributed by atoms with Gasteiger partial charge in [0.05, 0.1) is 5.60 Å². The van der Waals surface area contributed by atoms with Gasteiger partial charge in [-0.25, -0.2) is 5.48 Å². The average Bonchev–Trinajstić information content (AvgIpc) is 3.25. The first-order valence-electron chi connectivity index (χ1n) is 7.29. The van der Waals surface area contributed by atoms with Crippen molar-refractivity contribution in [2.75, 3.05) is 0 Å². The van der Waals surface area contributed by atoms with E-state index >= 15 is 0 Å². The maximum atomic E-state index is 11.8. The number of carbonyl (C=O) groups is 1. The van der Waals surface area contributed by atoms with Crippen molar-refractivity contribution in [1.29, 1.82) is 0 Å². The Kier molecular flexibility index (Phi) is 4.44. The third-order valence-electron chi connectivity index (χ3n) is 3.89. The minimum Gasteiger partial charge on any atom is -0.272 e. The highest BCUT2D eigenvalue weighted by Gasteiger charge is 2.44. The Bertz CT molecular complexity index is 320. The highest BCUT2D eigenvalue weighted by atomic mass is 16.7. The third kappa shape index (κ3) is 4.13. The molecule has 2 rings (SSSR count). The predicted octanol–water partition coefficient (Wildman–Crippen LogP) is 3.36. The quantitative estimate of drug-likeness (QED) is 0.408. The van der Waals surface area contributed by atoms with Gasteiger partial charge in [-0.05, 0) is 44.9 Å². The molecule has 2 atom stereocenters. The topological polar surface area (TPSA) is 38.3 Å². The first-order chi connectivity index (χ1) is 8.64. The van der Waals surface area contributed by atoms with Crippen LogP contribution in [0, 0.1) is 11.8 Å². The maximum Gasteiger partial charge on any atom is 0.247 e. The van der Waals surface area contributed by atoms with Gasteiger partial charge in [-0.3, -0.25) is 9.63 Å². The van der Waals surface area contributed by atoms with Gasteiger partial charge in [0.15, 0.2) is 0 Å². The molecule has 2 aliphatic carbocycles. The zero-order valence-corrected chi connectivity index (χ0v) is 11.6. The Morgan fingerprint density at radius 3 is 2.89 bits per heavy atom. The molecule has 2 unspecified atom stereocenters. The Morgan fingerprint density at radius 2 is 2.22 bits per heavy atom. The van der Waals surface area contributed by atoms with E-state index in [2.05, 4.69) is 24.6 Å². The first kappa shape index (κ1) is 13.6. The molecule has 3 heteroatoms. The van der Waals surface area contributed by atoms with E-state index in [9.17, 15) is 4.79 Å². The van der Waals surface area contributed by atoms with Crippen LogP contribution in [-0.2, 0) is 9.63 Å². The van der Waals surface area contributed by atoms with E-state index in [-0.39, 0.29) is 17.4 Å². The van der Waals surface area contributed by atoms with Crippen molar-refractivity contribution in [2.24, 2.45) is 11.8 Å². The number of hydroxylamine groups is 1. The van der Waals surface area contributed by atoms with Gasteiger partial charge in [0, 0.05) is 5.92 Å². The van der Waals surface area contributed by atoms with Crippen molar-refractivity contribution >= 4 is 5.91 Å². The zero-order valence-electron chi connectivity index (χ0n) is 11.6. The van der Waals surface area contributed by atoms with Crippen molar-refractivity contribution < 1.29 is 9.63 Å². The lowest BCUT2D eigenvalue weighted by Crippen LogP contribution is -2.30. The van der Waals surface area contributed by atoms with Crippen LogP contribution in [0.3, 0.4) is 0 Å². The molecule has 0 bridgehead atoms. The van der Waals surface area contributed by atoms with E-state index in [0.29, 0.717) is 5.92 Å². The molecule has 1 amide bonds. The Hall–Kier alpha value is -0.830. The fraction of sp³-hybridized carbons (Fsp3) is 0.800. The molecule has 0 aromatic rings. The molecule has 0 radical (unpaired) electrons. The number of nitrogens with one attached hydrogen (secondary N) is 1. The first-order valence-corrected chi connectivity index (χ1v) is 7.29. The van der Waals surface area contributed by atoms with Gasteiger partial charge in [-0.1, -0.05) is 31.9 Å². The normalized spacial score (nSPS) is 28.3. The lowest BCUT2D eigenvalue weighted by atomic mass is 10.2. The zero-order chi connectivity index (χ0) is 13.0. The highest BCUT2D eigenvalue weighted by molar-refractivity contribution is 5.81. The molecule has 102 valence electrons. The molecule has 0 aromatic heterocycles. The molecule has 0 aliphatic heterocycles. The second kappa shape index (κ2) is 5.87. The molecular weight excluding hydrogens is 226 g/mol. The summed E-state index contributed by atoms with van der Waals surface area (Å²) < 4.78 is 0. The lowest BCUT2D eigenvalue weighted by molar-refractivity contribution is -0.141. The van der Waals surface area contributed by atoms with Gasteiger partial charge in [0.1, 0.15) is 0 Å². The van der Waals surface area contributed by atoms with Crippen molar-refractivity contribution in [3.8, 4) is 0 Å². The van der Waals surface area contributed by atoms with Gasteiger partial charge < -0.3 is 0 Å². The van der Waals surface area contributed by atoms with E-state index < -0.39 is 0 Å². The van der Waals surface area contributed by atoms with Crippen LogP contribution in [0.1, 0.15) is 58.8 Å². The summed E-state index contributed by atoms with van der Waals surface area (Å²) in [6.07, 6.45) is 12.5. The number of amides is 1. The smallest absolute Gasteiger partial charge is 0.247 e. The number of allylic oxidation sites excluding steroid dienone is 2. The molecule has 2 saturated carbocycles. The van der Waals surface area contributed by atoms with Crippen LogP contribution in [0.4, 0.5) is 0 Å². The molecule has 0 heterocycles. The number of hydrogen-bond acceptors (Lipinski definition) is 2. The number of unbranched alkanes of at least 4 members (excludes halogenated alkanes) is 3. The third-order valence-corrected chi connectivity index (χ3v) is 3.89. The molecule has 2 fully saturated rings. The van der Waals surface area contributed by atoms with Crippen molar-refractivity contribution in [3.63, 3.8) is 0 Å². The summed E-state index contributed by atoms with van der Waals surface area (Å²) in [5, 5.41) is 0. The van der Waals surface area contributed by atoms with Gasteiger partial charge in [0.25, 0.3) is 0 Å². The minimum absolute atomic E-state index is 0.0614. The summed E-state index contributed by atoms with van der Waals surface area (Å²) in [7, 11) is 0. The van der Waals surface area contributed by atoms with E-state index in [1.807, 2.05) is 6.92 Å². The summed E-state index contributed by atoms with van der Waals surface area (Å²) in [6.45, 7) is 4.25. The van der Waals surface area contributed by atoms with Crippen LogP contribution in [-0.4, -0.2) is 11.5 Å². The Morgan fingerprint density at radius 1 is 1.44 bits per heavy atom. The number of hydrogen-bond donors (Lipinski definition) is 1. The molecule has 0 saturated heterocycles. The van der Waals surface area contributed by atoms with Crippen LogP contribution in [0.25, 0.3) is 0 Å². The standard InChI is InChI=1S/C15H25NO2/c1-3-4-5-6-7-8-12-11-13(12)14(17)16-18-15(2)9-10-15/h7-8,12-13H,3-6,9-11H2,1-2H3,(H,16,17)/b8-7-. The van der Waals surface area contributed by atoms with Crippen molar-refractivity contribution in [1.82, 2.24) is 5.48 Å². The van der Waals surface area contributed by atoms with E-state index in [4.69, 9.17) is 4.84 Å². The fourth-order valence-electron chi connectivity index (χ4n) is 2.04. The summed E-state index contributed by atoms with van der Waals surface area (Å²) >= 11 is 0. The van der Waals surface area contributed by atoms with Gasteiger partial charge in [-0.15, -0.1) is 0 Å². The van der Waals surface area contributed by atoms with Crippen LogP contribution in [0.15, 0.2) is 12.2 Å². The number of rotatable bonds is 8. The van der Waals surface area contributed by atoms with Crippen molar-refractivity contribution in [3.05, 3.63) is 12.2 Å². The summed E-state index contributed by atoms with van der Waals surface area (Å²) in [4.78, 5) is 17.1.